The number of nitro benzene ring substituents is 1. The molecule has 28 heavy (non-hydrogen) atoms. The largest absolute Gasteiger partial charge is 0.457 e. The van der Waals surface area contributed by atoms with Crippen LogP contribution in [0.4, 0.5) is 5.69 Å². The highest BCUT2D eigenvalue weighted by Gasteiger charge is 2.32. The van der Waals surface area contributed by atoms with Crippen LogP contribution in [0.3, 0.4) is 0 Å². The lowest BCUT2D eigenvalue weighted by molar-refractivity contribution is -0.384. The van der Waals surface area contributed by atoms with E-state index in [-0.39, 0.29) is 15.6 Å². The van der Waals surface area contributed by atoms with Crippen LogP contribution in [0.2, 0.25) is 5.02 Å². The van der Waals surface area contributed by atoms with Crippen molar-refractivity contribution in [2.75, 3.05) is 0 Å². The van der Waals surface area contributed by atoms with E-state index in [0.717, 1.165) is 18.2 Å². The average molecular weight is 417 g/mol. The molecule has 0 unspecified atom stereocenters. The van der Waals surface area contributed by atoms with Crippen LogP contribution < -0.4 is 9.46 Å². The van der Waals surface area contributed by atoms with Gasteiger partial charge in [0.2, 0.25) is 10.0 Å². The van der Waals surface area contributed by atoms with Crippen LogP contribution in [-0.4, -0.2) is 13.3 Å². The predicted molar refractivity (Wildman–Crippen MR) is 103 cm³/mol. The van der Waals surface area contributed by atoms with Gasteiger partial charge in [-0.05, 0) is 18.2 Å². The Labute approximate surface area is 165 Å². The van der Waals surface area contributed by atoms with Gasteiger partial charge in [-0.25, -0.2) is 8.42 Å². The third kappa shape index (κ3) is 3.22. The van der Waals surface area contributed by atoms with E-state index in [9.17, 15) is 18.5 Å². The van der Waals surface area contributed by atoms with Gasteiger partial charge in [-0.1, -0.05) is 48.0 Å². The van der Waals surface area contributed by atoms with Crippen molar-refractivity contribution >= 4 is 27.3 Å². The van der Waals surface area contributed by atoms with Crippen LogP contribution in [0, 0.1) is 10.1 Å². The molecule has 0 bridgehead atoms. The second-order valence-electron chi connectivity index (χ2n) is 6.10. The summed E-state index contributed by atoms with van der Waals surface area (Å²) in [4.78, 5) is 10.0. The lowest BCUT2D eigenvalue weighted by Gasteiger charge is -2.28. The number of nitrogens with one attached hydrogen (secondary N) is 1. The van der Waals surface area contributed by atoms with Crippen LogP contribution in [-0.2, 0) is 10.0 Å². The highest BCUT2D eigenvalue weighted by atomic mass is 35.5. The maximum atomic E-state index is 13.0. The van der Waals surface area contributed by atoms with Gasteiger partial charge in [-0.2, -0.15) is 4.72 Å². The summed E-state index contributed by atoms with van der Waals surface area (Å²) in [7, 11) is -4.08. The van der Waals surface area contributed by atoms with Crippen LogP contribution in [0.1, 0.15) is 17.2 Å². The molecule has 0 saturated heterocycles. The Morgan fingerprint density at radius 2 is 1.54 bits per heavy atom. The lowest BCUT2D eigenvalue weighted by Crippen LogP contribution is -2.31. The molecule has 7 nitrogen and oxygen atoms in total. The van der Waals surface area contributed by atoms with Crippen LogP contribution in [0.5, 0.6) is 11.5 Å². The molecule has 0 fully saturated rings. The van der Waals surface area contributed by atoms with E-state index >= 15 is 0 Å². The van der Waals surface area contributed by atoms with E-state index in [1.54, 1.807) is 48.5 Å². The Morgan fingerprint density at radius 1 is 0.964 bits per heavy atom. The summed E-state index contributed by atoms with van der Waals surface area (Å²) < 4.78 is 34.5. The van der Waals surface area contributed by atoms with Gasteiger partial charge >= 0.3 is 0 Å². The number of halogens is 1. The Bertz CT molecular complexity index is 1150. The second kappa shape index (κ2) is 6.90. The molecule has 1 aliphatic rings. The number of benzene rings is 3. The summed E-state index contributed by atoms with van der Waals surface area (Å²) in [5.41, 5.74) is 1.02. The molecule has 0 atom stereocenters. The summed E-state index contributed by atoms with van der Waals surface area (Å²) in [6.45, 7) is 0. The van der Waals surface area contributed by atoms with Crippen molar-refractivity contribution in [2.45, 2.75) is 10.9 Å². The molecule has 3 aromatic rings. The standard InChI is InChI=1S/C19H13ClN2O5S/c20-15-11-12(22(23)24)9-10-18(15)28(25,26)21-19-13-5-1-3-7-16(13)27-17-8-4-2-6-14(17)19/h1-11,19,21H. The summed E-state index contributed by atoms with van der Waals surface area (Å²) in [6.07, 6.45) is 0. The molecule has 9 heteroatoms. The van der Waals surface area contributed by atoms with Gasteiger partial charge in [0.05, 0.1) is 16.0 Å². The maximum absolute atomic E-state index is 13.0. The minimum atomic E-state index is -4.08. The number of nitrogens with zero attached hydrogens (tertiary/aromatic N) is 1. The van der Waals surface area contributed by atoms with Gasteiger partial charge in [0.1, 0.15) is 16.4 Å². The zero-order valence-corrected chi connectivity index (χ0v) is 15.8. The summed E-state index contributed by atoms with van der Waals surface area (Å²) in [5.74, 6) is 1.09. The Hall–Kier alpha value is -2.94. The number of hydrogen-bond donors (Lipinski definition) is 1. The SMILES string of the molecule is O=[N+]([O-])c1ccc(S(=O)(=O)NC2c3ccccc3Oc3ccccc32)c(Cl)c1. The summed E-state index contributed by atoms with van der Waals surface area (Å²) in [6, 6.07) is 16.8. The number of hydrogen-bond acceptors (Lipinski definition) is 5. The van der Waals surface area contributed by atoms with E-state index in [0.29, 0.717) is 22.6 Å². The summed E-state index contributed by atoms with van der Waals surface area (Å²) >= 11 is 6.03. The molecular weight excluding hydrogens is 404 g/mol. The molecule has 0 saturated carbocycles. The maximum Gasteiger partial charge on any atom is 0.271 e. The number of para-hydroxylation sites is 2. The first-order chi connectivity index (χ1) is 13.4. The van der Waals surface area contributed by atoms with Gasteiger partial charge in [-0.3, -0.25) is 10.1 Å². The Balaban J connectivity index is 1.78. The van der Waals surface area contributed by atoms with Crippen LogP contribution in [0.25, 0.3) is 0 Å². The van der Waals surface area contributed by atoms with E-state index in [1.807, 2.05) is 0 Å². The minimum Gasteiger partial charge on any atom is -0.457 e. The quantitative estimate of drug-likeness (QED) is 0.501. The molecule has 0 aromatic heterocycles. The third-order valence-electron chi connectivity index (χ3n) is 4.37. The van der Waals surface area contributed by atoms with Crippen molar-refractivity contribution in [3.8, 4) is 11.5 Å². The monoisotopic (exact) mass is 416 g/mol. The van der Waals surface area contributed by atoms with Crippen molar-refractivity contribution < 1.29 is 18.1 Å². The zero-order chi connectivity index (χ0) is 19.9. The van der Waals surface area contributed by atoms with Crippen LogP contribution >= 0.6 is 11.6 Å². The number of nitro groups is 1. The molecule has 0 amide bonds. The van der Waals surface area contributed by atoms with E-state index < -0.39 is 21.0 Å². The van der Waals surface area contributed by atoms with Crippen molar-refractivity contribution in [1.29, 1.82) is 0 Å². The fourth-order valence-electron chi connectivity index (χ4n) is 3.08. The smallest absolute Gasteiger partial charge is 0.271 e. The van der Waals surface area contributed by atoms with Gasteiger partial charge < -0.3 is 4.74 Å². The second-order valence-corrected chi connectivity index (χ2v) is 8.19. The zero-order valence-electron chi connectivity index (χ0n) is 14.2. The van der Waals surface area contributed by atoms with Gasteiger partial charge in [0.15, 0.2) is 0 Å². The number of non-ortho nitro benzene ring substituents is 1. The molecule has 1 heterocycles. The Kier molecular flexibility index (Phi) is 4.54. The van der Waals surface area contributed by atoms with E-state index in [4.69, 9.17) is 16.3 Å². The third-order valence-corrected chi connectivity index (χ3v) is 6.27. The fourth-order valence-corrected chi connectivity index (χ4v) is 4.81. The highest BCUT2D eigenvalue weighted by Crippen LogP contribution is 2.43. The fraction of sp³-hybridized carbons (Fsp3) is 0.0526. The number of fused-ring (bicyclic) bond motifs is 2. The van der Waals surface area contributed by atoms with Crippen LogP contribution in [0.15, 0.2) is 71.6 Å². The van der Waals surface area contributed by atoms with E-state index in [1.165, 1.54) is 0 Å². The van der Waals surface area contributed by atoms with Crippen molar-refractivity contribution in [1.82, 2.24) is 4.72 Å². The number of ether oxygens (including phenoxy) is 1. The molecular formula is C19H13ClN2O5S. The minimum absolute atomic E-state index is 0.227. The Morgan fingerprint density at radius 3 is 2.07 bits per heavy atom. The average Bonchev–Trinajstić information content (AvgIpc) is 2.67. The molecule has 1 N–H and O–H groups in total. The number of sulfonamides is 1. The van der Waals surface area contributed by atoms with Crippen molar-refractivity contribution in [2.24, 2.45) is 0 Å². The molecule has 0 spiro atoms. The van der Waals surface area contributed by atoms with Gasteiger partial charge in [0, 0.05) is 23.3 Å². The van der Waals surface area contributed by atoms with Gasteiger partial charge in [-0.15, -0.1) is 0 Å². The summed E-state index contributed by atoms with van der Waals surface area (Å²) in [5, 5.41) is 10.6. The van der Waals surface area contributed by atoms with Gasteiger partial charge in [0.25, 0.3) is 5.69 Å². The first kappa shape index (κ1) is 18.4. The van der Waals surface area contributed by atoms with Crippen molar-refractivity contribution in [3.05, 3.63) is 93.0 Å². The molecule has 3 aromatic carbocycles. The first-order valence-electron chi connectivity index (χ1n) is 8.19. The predicted octanol–water partition coefficient (Wildman–Crippen LogP) is 4.42. The lowest BCUT2D eigenvalue weighted by atomic mass is 9.95. The molecule has 1 aliphatic heterocycles. The topological polar surface area (TPSA) is 98.5 Å². The molecule has 4 rings (SSSR count). The number of rotatable bonds is 4. The van der Waals surface area contributed by atoms with Crippen molar-refractivity contribution in [3.63, 3.8) is 0 Å². The molecule has 0 radical (unpaired) electrons. The van der Waals surface area contributed by atoms with E-state index in [2.05, 4.69) is 4.72 Å². The highest BCUT2D eigenvalue weighted by molar-refractivity contribution is 7.89. The molecule has 0 aliphatic carbocycles. The normalized spacial score (nSPS) is 13.3. The first-order valence-corrected chi connectivity index (χ1v) is 10.0. The molecule has 142 valence electrons.